The Kier molecular flexibility index (Phi) is 46.0. The van der Waals surface area contributed by atoms with Gasteiger partial charge in [-0.25, -0.2) is 4.79 Å². The molecule has 0 aromatic carbocycles. The Hall–Kier alpha value is -5.66. The van der Waals surface area contributed by atoms with Crippen LogP contribution in [0.4, 0.5) is 0 Å². The number of ether oxygens (including phenoxy) is 5. The van der Waals surface area contributed by atoms with E-state index in [4.69, 9.17) is 23.7 Å². The van der Waals surface area contributed by atoms with Crippen molar-refractivity contribution in [1.82, 2.24) is 0 Å². The molecule has 1 aliphatic heterocycles. The van der Waals surface area contributed by atoms with E-state index < -0.39 is 67.3 Å². The second kappa shape index (κ2) is 51.1. The molecule has 3 N–H and O–H groups in total. The van der Waals surface area contributed by atoms with Crippen molar-refractivity contribution in [2.45, 2.75) is 212 Å². The third kappa shape index (κ3) is 41.2. The first-order valence-corrected chi connectivity index (χ1v) is 28.5. The van der Waals surface area contributed by atoms with E-state index in [1.807, 2.05) is 18.2 Å². The molecule has 0 bridgehead atoms. The van der Waals surface area contributed by atoms with Crippen LogP contribution in [0.2, 0.25) is 0 Å². The van der Waals surface area contributed by atoms with Gasteiger partial charge in [-0.05, 0) is 122 Å². The number of allylic oxidation sites excluding steroid dienone is 25. The van der Waals surface area contributed by atoms with Gasteiger partial charge in [0.25, 0.3) is 0 Å². The van der Waals surface area contributed by atoms with Crippen LogP contribution in [0.1, 0.15) is 175 Å². The molecule has 12 nitrogen and oxygen atoms in total. The molecule has 6 unspecified atom stereocenters. The number of rotatable bonds is 45. The van der Waals surface area contributed by atoms with Crippen LogP contribution < -0.4 is 0 Å². The van der Waals surface area contributed by atoms with Crippen LogP contribution >= 0.6 is 0 Å². The number of esters is 3. The average Bonchev–Trinajstić information content (AvgIpc) is 3.42. The van der Waals surface area contributed by atoms with Crippen molar-refractivity contribution < 1.29 is 58.2 Å². The summed E-state index contributed by atoms with van der Waals surface area (Å²) in [6.45, 7) is 5.49. The lowest BCUT2D eigenvalue weighted by Crippen LogP contribution is -2.61. The smallest absolute Gasteiger partial charge is 0.335 e. The number of aliphatic hydroxyl groups excluding tert-OH is 2. The predicted molar refractivity (Wildman–Crippen MR) is 312 cm³/mol. The molecule has 6 atom stereocenters. The second-order valence-corrected chi connectivity index (χ2v) is 18.4. The summed E-state index contributed by atoms with van der Waals surface area (Å²) in [5, 5.41) is 31.4. The van der Waals surface area contributed by atoms with Crippen LogP contribution in [0.15, 0.2) is 158 Å². The van der Waals surface area contributed by atoms with Crippen LogP contribution in [0, 0.1) is 0 Å². The summed E-state index contributed by atoms with van der Waals surface area (Å²) >= 11 is 0. The van der Waals surface area contributed by atoms with Crippen molar-refractivity contribution >= 4 is 23.9 Å². The molecule has 1 aliphatic rings. The van der Waals surface area contributed by atoms with E-state index in [9.17, 15) is 34.5 Å². The van der Waals surface area contributed by atoms with Gasteiger partial charge in [-0.15, -0.1) is 0 Å². The van der Waals surface area contributed by atoms with Crippen LogP contribution in [0.3, 0.4) is 0 Å². The van der Waals surface area contributed by atoms with Gasteiger partial charge in [0.05, 0.1) is 13.0 Å². The topological polar surface area (TPSA) is 175 Å². The van der Waals surface area contributed by atoms with E-state index in [0.717, 1.165) is 116 Å². The number of aliphatic hydroxyl groups is 2. The maximum atomic E-state index is 13.1. The van der Waals surface area contributed by atoms with E-state index in [1.165, 1.54) is 0 Å². The van der Waals surface area contributed by atoms with Gasteiger partial charge in [-0.1, -0.05) is 192 Å². The molecule has 0 aromatic heterocycles. The minimum atomic E-state index is -1.94. The quantitative estimate of drug-likeness (QED) is 0.0228. The Bertz CT molecular complexity index is 1940. The number of hydrogen-bond donors (Lipinski definition) is 3. The normalized spacial score (nSPS) is 19.2. The molecule has 0 spiro atoms. The van der Waals surface area contributed by atoms with Crippen molar-refractivity contribution in [3.63, 3.8) is 0 Å². The fourth-order valence-electron chi connectivity index (χ4n) is 7.36. The highest BCUT2D eigenvalue weighted by Gasteiger charge is 2.50. The highest BCUT2D eigenvalue weighted by Crippen LogP contribution is 2.26. The lowest BCUT2D eigenvalue weighted by Gasteiger charge is -2.40. The maximum absolute atomic E-state index is 13.1. The van der Waals surface area contributed by atoms with Crippen molar-refractivity contribution in [3.05, 3.63) is 158 Å². The maximum Gasteiger partial charge on any atom is 0.335 e. The van der Waals surface area contributed by atoms with E-state index >= 15 is 0 Å². The van der Waals surface area contributed by atoms with Gasteiger partial charge in [0.1, 0.15) is 18.8 Å². The zero-order valence-corrected chi connectivity index (χ0v) is 46.9. The molecule has 0 aromatic rings. The molecule has 77 heavy (non-hydrogen) atoms. The summed E-state index contributed by atoms with van der Waals surface area (Å²) in [5.74, 6) is -3.41. The minimum Gasteiger partial charge on any atom is -0.479 e. The molecule has 0 aliphatic carbocycles. The minimum absolute atomic E-state index is 0.00148. The third-order valence-corrected chi connectivity index (χ3v) is 11.6. The average molecular weight is 1070 g/mol. The molecule has 1 heterocycles. The Balaban J connectivity index is 2.80. The predicted octanol–water partition coefficient (Wildman–Crippen LogP) is 14.6. The highest BCUT2D eigenvalue weighted by atomic mass is 16.7. The van der Waals surface area contributed by atoms with Crippen LogP contribution in [-0.2, 0) is 42.9 Å². The summed E-state index contributed by atoms with van der Waals surface area (Å²) in [4.78, 5) is 51.0. The first-order valence-electron chi connectivity index (χ1n) is 28.5. The second-order valence-electron chi connectivity index (χ2n) is 18.4. The van der Waals surface area contributed by atoms with Gasteiger partial charge < -0.3 is 39.0 Å². The SMILES string of the molecule is CC/C=C\C/C=C\C/C=C\C/C=C\C/C=C\CCCCCC(=O)OCC(COC1OC(C(=O)O)C(O)C(O)C1OC(=O)CCCCC/C=C\C/C=C\C/C=C\CC)OC(=O)C/C=C\C/C=C\C/C=C\C/C=C\C/C=C\CC. The fraction of sp³-hybridized carbons (Fsp3) is 0.538. The lowest BCUT2D eigenvalue weighted by atomic mass is 9.98. The van der Waals surface area contributed by atoms with Gasteiger partial charge in [0.15, 0.2) is 24.6 Å². The van der Waals surface area contributed by atoms with E-state index in [1.54, 1.807) is 6.08 Å². The summed E-state index contributed by atoms with van der Waals surface area (Å²) in [5.41, 5.74) is 0. The van der Waals surface area contributed by atoms with E-state index in [2.05, 4.69) is 154 Å². The van der Waals surface area contributed by atoms with Crippen LogP contribution in [0.5, 0.6) is 0 Å². The zero-order valence-electron chi connectivity index (χ0n) is 46.9. The van der Waals surface area contributed by atoms with Crippen molar-refractivity contribution in [2.24, 2.45) is 0 Å². The Morgan fingerprint density at radius 1 is 0.442 bits per heavy atom. The largest absolute Gasteiger partial charge is 0.479 e. The lowest BCUT2D eigenvalue weighted by molar-refractivity contribution is -0.301. The van der Waals surface area contributed by atoms with Crippen LogP contribution in [-0.4, -0.2) is 89.2 Å². The van der Waals surface area contributed by atoms with Crippen molar-refractivity contribution in [1.29, 1.82) is 0 Å². The van der Waals surface area contributed by atoms with Crippen molar-refractivity contribution in [3.8, 4) is 0 Å². The van der Waals surface area contributed by atoms with Gasteiger partial charge in [-0.2, -0.15) is 0 Å². The molecule has 12 heteroatoms. The van der Waals surface area contributed by atoms with Gasteiger partial charge >= 0.3 is 23.9 Å². The number of carboxylic acids is 1. The Morgan fingerprint density at radius 2 is 0.818 bits per heavy atom. The number of unbranched alkanes of at least 4 members (excludes halogenated alkanes) is 6. The highest BCUT2D eigenvalue weighted by molar-refractivity contribution is 5.74. The molecular weight excluding hydrogens is 973 g/mol. The standard InChI is InChI=1S/C65H96O12/c1-4-7-10-13-16-19-22-25-27-28-29-30-32-34-36-39-42-45-48-51-57(66)73-54-56(75-58(67)52-49-46-43-40-38-35-31-26-23-20-17-14-11-8-5-2)55-74-65-63(61(70)60(69)62(77-65)64(71)72)76-59(68)53-50-47-44-41-37-33-24-21-18-15-12-9-6-3/h7-12,16-21,25-27,29-31,33-34,36-38,40,46,49,56,60-63,65,69-70H,4-6,13-15,22-24,28,32,35,39,41-45,47-48,50-55H2,1-3H3,(H,71,72)/b10-7-,11-8-,12-9-,19-16-,20-17-,21-18-,27-25-,30-29-,31-26-,36-34-,37-33-,40-38-,49-46-. The van der Waals surface area contributed by atoms with Crippen molar-refractivity contribution in [2.75, 3.05) is 13.2 Å². The fourth-order valence-corrected chi connectivity index (χ4v) is 7.36. The molecule has 1 fully saturated rings. The summed E-state index contributed by atoms with van der Waals surface area (Å²) in [6.07, 6.45) is 62.5. The first-order chi connectivity index (χ1) is 37.6. The summed E-state index contributed by atoms with van der Waals surface area (Å²) in [6, 6.07) is 0. The van der Waals surface area contributed by atoms with Gasteiger partial charge in [0.2, 0.25) is 0 Å². The monoisotopic (exact) mass is 1070 g/mol. The van der Waals surface area contributed by atoms with Gasteiger partial charge in [0, 0.05) is 12.8 Å². The Labute approximate surface area is 463 Å². The zero-order chi connectivity index (χ0) is 56.1. The summed E-state index contributed by atoms with van der Waals surface area (Å²) < 4.78 is 28.2. The van der Waals surface area contributed by atoms with Crippen LogP contribution in [0.25, 0.3) is 0 Å². The molecular formula is C65H96O12. The third-order valence-electron chi connectivity index (χ3n) is 11.6. The first kappa shape index (κ1) is 69.4. The van der Waals surface area contributed by atoms with E-state index in [0.29, 0.717) is 19.3 Å². The number of aliphatic carboxylic acids is 1. The molecule has 0 saturated carbocycles. The molecule has 428 valence electrons. The number of carboxylic acid groups (broad SMARTS) is 1. The summed E-state index contributed by atoms with van der Waals surface area (Å²) in [7, 11) is 0. The molecule has 0 radical (unpaired) electrons. The van der Waals surface area contributed by atoms with Gasteiger partial charge in [-0.3, -0.25) is 14.4 Å². The Morgan fingerprint density at radius 3 is 1.22 bits per heavy atom. The molecule has 0 amide bonds. The number of carbonyl (C=O) groups excluding carboxylic acids is 3. The molecule has 1 saturated heterocycles. The van der Waals surface area contributed by atoms with E-state index in [-0.39, 0.29) is 25.9 Å². The molecule has 1 rings (SSSR count). The number of hydrogen-bond acceptors (Lipinski definition) is 11. The number of carbonyl (C=O) groups is 4.